The van der Waals surface area contributed by atoms with Crippen molar-refractivity contribution in [1.29, 1.82) is 0 Å². The molecule has 0 spiro atoms. The highest BCUT2D eigenvalue weighted by Gasteiger charge is 2.23. The summed E-state index contributed by atoms with van der Waals surface area (Å²) in [6.45, 7) is 6.60. The van der Waals surface area contributed by atoms with E-state index in [-0.39, 0.29) is 6.42 Å². The molecule has 0 unspecified atom stereocenters. The Hall–Kier alpha value is -1.19. The van der Waals surface area contributed by atoms with E-state index in [0.717, 1.165) is 0 Å². The van der Waals surface area contributed by atoms with Crippen molar-refractivity contribution in [3.05, 3.63) is 0 Å². The molecule has 2 nitrogen and oxygen atoms in total. The predicted molar refractivity (Wildman–Crippen MR) is 69.6 cm³/mol. The maximum atomic E-state index is 10.2. The molecule has 1 N–H and O–H groups in total. The van der Waals surface area contributed by atoms with Gasteiger partial charge in [0.2, 0.25) is 0 Å². The minimum absolute atomic E-state index is 0.104. The first kappa shape index (κ1) is 14.8. The van der Waals surface area contributed by atoms with Crippen molar-refractivity contribution < 1.29 is 9.90 Å². The van der Waals surface area contributed by atoms with E-state index >= 15 is 0 Å². The molecule has 0 radical (unpaired) electrons. The van der Waals surface area contributed by atoms with Crippen molar-refractivity contribution in [2.75, 3.05) is 0 Å². The molecule has 0 heterocycles. The predicted octanol–water partition coefficient (Wildman–Crippen LogP) is 2.91. The van der Waals surface area contributed by atoms with Crippen LogP contribution in [0.1, 0.15) is 33.6 Å². The molecule has 0 fully saturated rings. The Kier molecular flexibility index (Phi) is 7.42. The lowest BCUT2D eigenvalue weighted by Gasteiger charge is -2.19. The minimum atomic E-state index is -1.38. The molecule has 0 aliphatic rings. The van der Waals surface area contributed by atoms with Crippen LogP contribution in [0.2, 0.25) is 18.1 Å². The number of rotatable bonds is 5. The zero-order valence-corrected chi connectivity index (χ0v) is 11.4. The highest BCUT2D eigenvalue weighted by atomic mass is 28.3. The second kappa shape index (κ2) is 8.02. The van der Waals surface area contributed by atoms with Gasteiger partial charge < -0.3 is 5.11 Å². The molecular formula is C13H20O2Si. The van der Waals surface area contributed by atoms with Gasteiger partial charge in [0.1, 0.15) is 8.07 Å². The molecule has 16 heavy (non-hydrogen) atoms. The zero-order valence-electron chi connectivity index (χ0n) is 10.4. The molecule has 0 atom stereocenters. The molecule has 0 rings (SSSR count). The van der Waals surface area contributed by atoms with Crippen molar-refractivity contribution in [2.24, 2.45) is 0 Å². The highest BCUT2D eigenvalue weighted by molar-refractivity contribution is 6.87. The fourth-order valence-corrected chi connectivity index (χ4v) is 3.81. The molecule has 0 aromatic heterocycles. The third kappa shape index (κ3) is 5.63. The van der Waals surface area contributed by atoms with Crippen LogP contribution in [0, 0.1) is 23.3 Å². The van der Waals surface area contributed by atoms with Gasteiger partial charge in [-0.05, 0) is 30.0 Å². The summed E-state index contributed by atoms with van der Waals surface area (Å²) < 4.78 is 0. The van der Waals surface area contributed by atoms with Crippen LogP contribution >= 0.6 is 0 Å². The molecule has 0 aromatic carbocycles. The first-order chi connectivity index (χ1) is 7.60. The summed E-state index contributed by atoms with van der Waals surface area (Å²) in [5.74, 6) is 7.65. The van der Waals surface area contributed by atoms with E-state index in [1.807, 2.05) is 0 Å². The number of hydrogen-bond acceptors (Lipinski definition) is 1. The number of aliphatic carboxylic acids is 1. The Morgan fingerprint density at radius 3 is 2.12 bits per heavy atom. The molecule has 0 aliphatic carbocycles. The highest BCUT2D eigenvalue weighted by Crippen LogP contribution is 2.18. The van der Waals surface area contributed by atoms with Gasteiger partial charge in [0.15, 0.2) is 0 Å². The summed E-state index contributed by atoms with van der Waals surface area (Å²) in [4.78, 5) is 10.2. The van der Waals surface area contributed by atoms with Gasteiger partial charge in [-0.1, -0.05) is 26.7 Å². The summed E-state index contributed by atoms with van der Waals surface area (Å²) in [6, 6.07) is 3.51. The normalized spacial score (nSPS) is 9.69. The number of carboxylic acids is 1. The second-order valence-electron chi connectivity index (χ2n) is 3.79. The van der Waals surface area contributed by atoms with E-state index in [1.165, 1.54) is 18.1 Å². The monoisotopic (exact) mass is 236 g/mol. The fraction of sp³-hybridized carbons (Fsp3) is 0.615. The summed E-state index contributed by atoms with van der Waals surface area (Å²) in [7, 11) is -1.38. The third-order valence-corrected chi connectivity index (χ3v) is 7.69. The van der Waals surface area contributed by atoms with Crippen LogP contribution in [0.5, 0.6) is 0 Å². The van der Waals surface area contributed by atoms with Gasteiger partial charge in [-0.25, -0.2) is 0 Å². The summed E-state index contributed by atoms with van der Waals surface area (Å²) in [5, 5.41) is 8.42. The minimum Gasteiger partial charge on any atom is -0.481 e. The van der Waals surface area contributed by atoms with Gasteiger partial charge in [-0.15, -0.1) is 5.54 Å². The standard InChI is InChI=1S/C13H20O2Si/c1-4-16(5-2,6-3)12-10-8-7-9-11-13(14)15/h4-6,9,11H2,1-3H3,(H,14,15). The molecule has 0 saturated carbocycles. The van der Waals surface area contributed by atoms with Crippen molar-refractivity contribution in [1.82, 2.24) is 0 Å². The van der Waals surface area contributed by atoms with Gasteiger partial charge in [0.25, 0.3) is 0 Å². The summed E-state index contributed by atoms with van der Waals surface area (Å²) in [5.41, 5.74) is 3.34. The average molecular weight is 236 g/mol. The number of carboxylic acid groups (broad SMARTS) is 1. The number of carbonyl (C=O) groups is 1. The third-order valence-electron chi connectivity index (χ3n) is 2.97. The van der Waals surface area contributed by atoms with Gasteiger partial charge in [0.05, 0.1) is 6.42 Å². The maximum absolute atomic E-state index is 10.2. The molecule has 0 amide bonds. The van der Waals surface area contributed by atoms with Crippen molar-refractivity contribution in [3.8, 4) is 23.3 Å². The maximum Gasteiger partial charge on any atom is 0.304 e. The lowest BCUT2D eigenvalue weighted by Crippen LogP contribution is -2.29. The lowest BCUT2D eigenvalue weighted by molar-refractivity contribution is -0.136. The van der Waals surface area contributed by atoms with Gasteiger partial charge >= 0.3 is 5.97 Å². The Bertz CT molecular complexity index is 326. The van der Waals surface area contributed by atoms with Crippen molar-refractivity contribution >= 4 is 14.0 Å². The lowest BCUT2D eigenvalue weighted by atomic mass is 10.3. The van der Waals surface area contributed by atoms with E-state index in [4.69, 9.17) is 5.11 Å². The number of hydrogen-bond donors (Lipinski definition) is 1. The zero-order chi connectivity index (χ0) is 12.4. The Morgan fingerprint density at radius 2 is 1.69 bits per heavy atom. The molecular weight excluding hydrogens is 216 g/mol. The Balaban J connectivity index is 4.31. The summed E-state index contributed by atoms with van der Waals surface area (Å²) in [6.07, 6.45) is 0.496. The molecule has 0 bridgehead atoms. The van der Waals surface area contributed by atoms with Crippen LogP contribution in [0.3, 0.4) is 0 Å². The van der Waals surface area contributed by atoms with E-state index in [1.54, 1.807) is 0 Å². The molecule has 0 aromatic rings. The van der Waals surface area contributed by atoms with E-state index in [9.17, 15) is 4.79 Å². The van der Waals surface area contributed by atoms with Crippen LogP contribution < -0.4 is 0 Å². The van der Waals surface area contributed by atoms with Crippen LogP contribution in [-0.4, -0.2) is 19.1 Å². The van der Waals surface area contributed by atoms with E-state index in [2.05, 4.69) is 44.1 Å². The largest absolute Gasteiger partial charge is 0.481 e. The van der Waals surface area contributed by atoms with E-state index in [0.29, 0.717) is 6.42 Å². The second-order valence-corrected chi connectivity index (χ2v) is 8.72. The van der Waals surface area contributed by atoms with Gasteiger partial charge in [-0.2, -0.15) is 0 Å². The van der Waals surface area contributed by atoms with Gasteiger partial charge in [-0.3, -0.25) is 4.79 Å². The SMILES string of the molecule is CC[Si](C#CC#CCCC(=O)O)(CC)CC. The van der Waals surface area contributed by atoms with Gasteiger partial charge in [0, 0.05) is 6.42 Å². The van der Waals surface area contributed by atoms with Crippen molar-refractivity contribution in [2.45, 2.75) is 51.7 Å². The van der Waals surface area contributed by atoms with Crippen LogP contribution in [0.4, 0.5) is 0 Å². The van der Waals surface area contributed by atoms with Crippen LogP contribution in [-0.2, 0) is 4.79 Å². The molecule has 3 heteroatoms. The Morgan fingerprint density at radius 1 is 1.12 bits per heavy atom. The smallest absolute Gasteiger partial charge is 0.304 e. The summed E-state index contributed by atoms with van der Waals surface area (Å²) >= 11 is 0. The quantitative estimate of drug-likeness (QED) is 0.588. The molecule has 0 saturated heterocycles. The first-order valence-corrected chi connectivity index (χ1v) is 8.44. The average Bonchev–Trinajstić information content (AvgIpc) is 2.29. The van der Waals surface area contributed by atoms with Crippen molar-refractivity contribution in [3.63, 3.8) is 0 Å². The van der Waals surface area contributed by atoms with E-state index < -0.39 is 14.0 Å². The molecule has 0 aliphatic heterocycles. The molecule has 88 valence electrons. The van der Waals surface area contributed by atoms with Crippen LogP contribution in [0.25, 0.3) is 0 Å². The fourth-order valence-electron chi connectivity index (χ4n) is 1.46. The first-order valence-electron chi connectivity index (χ1n) is 5.82. The van der Waals surface area contributed by atoms with Crippen LogP contribution in [0.15, 0.2) is 0 Å². The Labute approximate surface area is 99.5 Å². The topological polar surface area (TPSA) is 37.3 Å².